The first-order valence-corrected chi connectivity index (χ1v) is 7.04. The summed E-state index contributed by atoms with van der Waals surface area (Å²) in [6, 6.07) is 4.95. The number of ether oxygens (including phenoxy) is 1. The predicted molar refractivity (Wildman–Crippen MR) is 79.9 cm³/mol. The van der Waals surface area contributed by atoms with E-state index in [0.29, 0.717) is 22.9 Å². The summed E-state index contributed by atoms with van der Waals surface area (Å²) in [7, 11) is 0. The highest BCUT2D eigenvalue weighted by Crippen LogP contribution is 2.27. The van der Waals surface area contributed by atoms with Gasteiger partial charge in [0.15, 0.2) is 5.84 Å². The van der Waals surface area contributed by atoms with Gasteiger partial charge in [-0.15, -0.1) is 11.3 Å². The summed E-state index contributed by atoms with van der Waals surface area (Å²) in [5.41, 5.74) is 7.04. The molecule has 2 aromatic rings. The minimum absolute atomic E-state index is 0.00428. The van der Waals surface area contributed by atoms with Crippen molar-refractivity contribution >= 4 is 28.8 Å². The third-order valence-electron chi connectivity index (χ3n) is 2.76. The molecule has 0 saturated heterocycles. The van der Waals surface area contributed by atoms with Crippen LogP contribution in [0.4, 0.5) is 0 Å². The molecule has 0 fully saturated rings. The summed E-state index contributed by atoms with van der Waals surface area (Å²) < 4.78 is 5.63. The molecule has 3 N–H and O–H groups in total. The van der Waals surface area contributed by atoms with Gasteiger partial charge >= 0.3 is 0 Å². The SMILES string of the molecule is Cc1nc(COc2ccc(/C(N)=N/O)cc2Cl)sc1C. The number of hydrogen-bond donors (Lipinski definition) is 2. The van der Waals surface area contributed by atoms with Crippen molar-refractivity contribution in [2.24, 2.45) is 10.9 Å². The first kappa shape index (κ1) is 14.6. The van der Waals surface area contributed by atoms with Gasteiger partial charge in [-0.1, -0.05) is 16.8 Å². The zero-order chi connectivity index (χ0) is 14.7. The lowest BCUT2D eigenvalue weighted by molar-refractivity contribution is 0.305. The van der Waals surface area contributed by atoms with Crippen molar-refractivity contribution in [3.8, 4) is 5.75 Å². The van der Waals surface area contributed by atoms with Crippen molar-refractivity contribution in [3.05, 3.63) is 44.4 Å². The maximum atomic E-state index is 8.61. The molecule has 0 atom stereocenters. The van der Waals surface area contributed by atoms with Gasteiger partial charge in [-0.2, -0.15) is 0 Å². The van der Waals surface area contributed by atoms with Crippen molar-refractivity contribution in [3.63, 3.8) is 0 Å². The largest absolute Gasteiger partial charge is 0.485 e. The molecule has 0 amide bonds. The highest BCUT2D eigenvalue weighted by molar-refractivity contribution is 7.11. The molecule has 0 bridgehead atoms. The molecule has 1 heterocycles. The molecule has 1 aromatic heterocycles. The fourth-order valence-corrected chi connectivity index (χ4v) is 2.66. The van der Waals surface area contributed by atoms with Crippen LogP contribution in [-0.2, 0) is 6.61 Å². The summed E-state index contributed by atoms with van der Waals surface area (Å²) in [6.07, 6.45) is 0. The van der Waals surface area contributed by atoms with Crippen molar-refractivity contribution in [2.75, 3.05) is 0 Å². The molecule has 0 spiro atoms. The van der Waals surface area contributed by atoms with Crippen LogP contribution in [0.3, 0.4) is 0 Å². The molecule has 0 unspecified atom stereocenters. The molecule has 5 nitrogen and oxygen atoms in total. The summed E-state index contributed by atoms with van der Waals surface area (Å²) in [4.78, 5) is 5.57. The Labute approximate surface area is 125 Å². The summed E-state index contributed by atoms with van der Waals surface area (Å²) >= 11 is 7.70. The molecule has 1 aromatic carbocycles. The van der Waals surface area contributed by atoms with Gasteiger partial charge in [0.2, 0.25) is 0 Å². The Balaban J connectivity index is 2.10. The fraction of sp³-hybridized carbons (Fsp3) is 0.231. The molecule has 2 rings (SSSR count). The van der Waals surface area contributed by atoms with Gasteiger partial charge in [-0.3, -0.25) is 0 Å². The number of thiazole rings is 1. The average Bonchev–Trinajstić information content (AvgIpc) is 2.75. The number of benzene rings is 1. The van der Waals surface area contributed by atoms with Crippen LogP contribution >= 0.6 is 22.9 Å². The molecule has 0 saturated carbocycles. The van der Waals surface area contributed by atoms with Crippen LogP contribution in [0, 0.1) is 13.8 Å². The van der Waals surface area contributed by atoms with Crippen LogP contribution in [0.1, 0.15) is 21.1 Å². The van der Waals surface area contributed by atoms with E-state index in [9.17, 15) is 0 Å². The second-order valence-corrected chi connectivity index (χ2v) is 5.86. The Hall–Kier alpha value is -1.79. The maximum Gasteiger partial charge on any atom is 0.170 e. The summed E-state index contributed by atoms with van der Waals surface area (Å²) in [6.45, 7) is 4.35. The molecular weight excluding hydrogens is 298 g/mol. The van der Waals surface area contributed by atoms with Gasteiger partial charge in [0.25, 0.3) is 0 Å². The zero-order valence-corrected chi connectivity index (χ0v) is 12.6. The molecular formula is C13H14ClN3O2S. The first-order chi connectivity index (χ1) is 9.51. The Morgan fingerprint density at radius 1 is 1.50 bits per heavy atom. The molecule has 7 heteroatoms. The molecule has 0 aliphatic rings. The van der Waals surface area contributed by atoms with Gasteiger partial charge < -0.3 is 15.7 Å². The topological polar surface area (TPSA) is 80.7 Å². The van der Waals surface area contributed by atoms with Crippen molar-refractivity contribution in [1.29, 1.82) is 0 Å². The number of oxime groups is 1. The van der Waals surface area contributed by atoms with E-state index in [1.165, 1.54) is 4.88 Å². The predicted octanol–water partition coefficient (Wildman–Crippen LogP) is 3.09. The summed E-state index contributed by atoms with van der Waals surface area (Å²) in [5.74, 6) is 0.538. The number of halogens is 1. The van der Waals surface area contributed by atoms with E-state index < -0.39 is 0 Å². The van der Waals surface area contributed by atoms with Crippen LogP contribution in [0.2, 0.25) is 5.02 Å². The van der Waals surface area contributed by atoms with E-state index in [4.69, 9.17) is 27.3 Å². The lowest BCUT2D eigenvalue weighted by Gasteiger charge is -2.07. The van der Waals surface area contributed by atoms with Gasteiger partial charge in [-0.25, -0.2) is 4.98 Å². The minimum Gasteiger partial charge on any atom is -0.485 e. The highest BCUT2D eigenvalue weighted by atomic mass is 35.5. The number of rotatable bonds is 4. The van der Waals surface area contributed by atoms with E-state index in [1.807, 2.05) is 13.8 Å². The van der Waals surface area contributed by atoms with E-state index in [1.54, 1.807) is 29.5 Å². The third-order valence-corrected chi connectivity index (χ3v) is 4.10. The van der Waals surface area contributed by atoms with Crippen molar-refractivity contribution in [2.45, 2.75) is 20.5 Å². The number of amidine groups is 1. The van der Waals surface area contributed by atoms with Gasteiger partial charge in [-0.05, 0) is 32.0 Å². The minimum atomic E-state index is 0.00428. The van der Waals surface area contributed by atoms with Gasteiger partial charge in [0, 0.05) is 10.4 Å². The Bertz CT molecular complexity index is 636. The van der Waals surface area contributed by atoms with Crippen molar-refractivity contribution in [1.82, 2.24) is 4.98 Å². The van der Waals surface area contributed by atoms with Crippen LogP contribution < -0.4 is 10.5 Å². The Kier molecular flexibility index (Phi) is 4.46. The maximum absolute atomic E-state index is 8.61. The van der Waals surface area contributed by atoms with Crippen LogP contribution in [-0.4, -0.2) is 16.0 Å². The van der Waals surface area contributed by atoms with Crippen LogP contribution in [0.25, 0.3) is 0 Å². The standard InChI is InChI=1S/C13H14ClN3O2S/c1-7-8(2)20-12(16-7)6-19-11-4-3-9(5-10(11)14)13(15)17-18/h3-5,18H,6H2,1-2H3,(H2,15,17). The molecule has 0 aliphatic heterocycles. The molecule has 106 valence electrons. The van der Waals surface area contributed by atoms with Crippen LogP contribution in [0.15, 0.2) is 23.4 Å². The van der Waals surface area contributed by atoms with Crippen molar-refractivity contribution < 1.29 is 9.94 Å². The lowest BCUT2D eigenvalue weighted by atomic mass is 10.2. The van der Waals surface area contributed by atoms with E-state index in [2.05, 4.69) is 10.1 Å². The van der Waals surface area contributed by atoms with E-state index in [-0.39, 0.29) is 5.84 Å². The third kappa shape index (κ3) is 3.20. The number of aryl methyl sites for hydroxylation is 2. The fourth-order valence-electron chi connectivity index (χ4n) is 1.58. The Morgan fingerprint density at radius 3 is 2.80 bits per heavy atom. The summed E-state index contributed by atoms with van der Waals surface area (Å²) in [5, 5.41) is 12.8. The molecule has 20 heavy (non-hydrogen) atoms. The molecule has 0 radical (unpaired) electrons. The van der Waals surface area contributed by atoms with E-state index in [0.717, 1.165) is 10.7 Å². The Morgan fingerprint density at radius 2 is 2.25 bits per heavy atom. The second-order valence-electron chi connectivity index (χ2n) is 4.17. The van der Waals surface area contributed by atoms with Gasteiger partial charge in [0.1, 0.15) is 17.4 Å². The quantitative estimate of drug-likeness (QED) is 0.393. The first-order valence-electron chi connectivity index (χ1n) is 5.84. The van der Waals surface area contributed by atoms with Gasteiger partial charge in [0.05, 0.1) is 10.7 Å². The molecule has 0 aliphatic carbocycles. The number of aromatic nitrogens is 1. The second kappa shape index (κ2) is 6.11. The normalized spacial score (nSPS) is 11.7. The van der Waals surface area contributed by atoms with E-state index >= 15 is 0 Å². The highest BCUT2D eigenvalue weighted by Gasteiger charge is 2.08. The zero-order valence-electron chi connectivity index (χ0n) is 11.1. The number of nitrogens with two attached hydrogens (primary N) is 1. The smallest absolute Gasteiger partial charge is 0.170 e. The number of hydrogen-bond acceptors (Lipinski definition) is 5. The monoisotopic (exact) mass is 311 g/mol. The number of nitrogens with zero attached hydrogens (tertiary/aromatic N) is 2. The average molecular weight is 312 g/mol. The lowest BCUT2D eigenvalue weighted by Crippen LogP contribution is -2.12. The van der Waals surface area contributed by atoms with Crippen LogP contribution in [0.5, 0.6) is 5.75 Å².